The standard InChI is InChI=1S/C20H25IO/c1-2-3-4-5-6-10-16-22-19-15-11-14-18(21)20(19)17-12-8-7-9-13-17/h7-9,11-15H,2-6,10,16H2,1H3. The minimum Gasteiger partial charge on any atom is -0.493 e. The summed E-state index contributed by atoms with van der Waals surface area (Å²) >= 11 is 2.39. The Bertz CT molecular complexity index is 551. The van der Waals surface area contributed by atoms with E-state index in [1.54, 1.807) is 0 Å². The predicted molar refractivity (Wildman–Crippen MR) is 103 cm³/mol. The zero-order valence-electron chi connectivity index (χ0n) is 13.4. The highest BCUT2D eigenvalue weighted by atomic mass is 127. The molecular formula is C20H25IO. The van der Waals surface area contributed by atoms with Gasteiger partial charge in [0.25, 0.3) is 0 Å². The molecule has 0 amide bonds. The van der Waals surface area contributed by atoms with E-state index in [4.69, 9.17) is 4.74 Å². The number of unbranched alkanes of at least 4 members (excludes halogenated alkanes) is 5. The summed E-state index contributed by atoms with van der Waals surface area (Å²) < 4.78 is 7.31. The van der Waals surface area contributed by atoms with Crippen LogP contribution in [-0.2, 0) is 0 Å². The highest BCUT2D eigenvalue weighted by Crippen LogP contribution is 2.34. The van der Waals surface area contributed by atoms with Crippen LogP contribution >= 0.6 is 22.6 Å². The van der Waals surface area contributed by atoms with Crippen LogP contribution in [0.15, 0.2) is 48.5 Å². The molecule has 0 radical (unpaired) electrons. The lowest BCUT2D eigenvalue weighted by Gasteiger charge is -2.13. The summed E-state index contributed by atoms with van der Waals surface area (Å²) in [6.07, 6.45) is 7.76. The molecule has 0 spiro atoms. The molecule has 22 heavy (non-hydrogen) atoms. The summed E-state index contributed by atoms with van der Waals surface area (Å²) in [7, 11) is 0. The van der Waals surface area contributed by atoms with E-state index in [-0.39, 0.29) is 0 Å². The summed E-state index contributed by atoms with van der Waals surface area (Å²) in [6, 6.07) is 16.8. The van der Waals surface area contributed by atoms with Gasteiger partial charge in [0.2, 0.25) is 0 Å². The van der Waals surface area contributed by atoms with Crippen molar-refractivity contribution in [1.29, 1.82) is 0 Å². The van der Waals surface area contributed by atoms with Crippen molar-refractivity contribution in [3.05, 3.63) is 52.1 Å². The SMILES string of the molecule is CCCCCCCCOc1cccc(I)c1-c1ccccc1. The summed E-state index contributed by atoms with van der Waals surface area (Å²) in [5.41, 5.74) is 2.44. The van der Waals surface area contributed by atoms with E-state index in [0.717, 1.165) is 18.8 Å². The van der Waals surface area contributed by atoms with Crippen molar-refractivity contribution in [2.75, 3.05) is 6.61 Å². The molecule has 0 N–H and O–H groups in total. The largest absolute Gasteiger partial charge is 0.493 e. The molecule has 0 aromatic heterocycles. The fourth-order valence-corrected chi connectivity index (χ4v) is 3.36. The second-order valence-electron chi connectivity index (χ2n) is 5.60. The first kappa shape index (κ1) is 17.3. The zero-order valence-corrected chi connectivity index (χ0v) is 15.5. The van der Waals surface area contributed by atoms with Crippen molar-refractivity contribution >= 4 is 22.6 Å². The fraction of sp³-hybridized carbons (Fsp3) is 0.400. The monoisotopic (exact) mass is 408 g/mol. The molecule has 118 valence electrons. The second-order valence-corrected chi connectivity index (χ2v) is 6.76. The molecule has 0 fully saturated rings. The topological polar surface area (TPSA) is 9.23 Å². The minimum absolute atomic E-state index is 0.812. The molecule has 0 saturated carbocycles. The Kier molecular flexibility index (Phi) is 7.78. The van der Waals surface area contributed by atoms with Gasteiger partial charge in [0.1, 0.15) is 5.75 Å². The lowest BCUT2D eigenvalue weighted by Crippen LogP contribution is -2.00. The van der Waals surface area contributed by atoms with Crippen LogP contribution in [-0.4, -0.2) is 6.61 Å². The molecule has 2 rings (SSSR count). The van der Waals surface area contributed by atoms with Crippen LogP contribution in [0.3, 0.4) is 0 Å². The van der Waals surface area contributed by atoms with Crippen LogP contribution in [0.2, 0.25) is 0 Å². The fourth-order valence-electron chi connectivity index (χ4n) is 2.57. The minimum atomic E-state index is 0.812. The molecule has 0 aliphatic heterocycles. The highest BCUT2D eigenvalue weighted by Gasteiger charge is 2.09. The van der Waals surface area contributed by atoms with Gasteiger partial charge in [-0.15, -0.1) is 0 Å². The van der Waals surface area contributed by atoms with Crippen molar-refractivity contribution in [2.45, 2.75) is 45.4 Å². The first-order chi connectivity index (χ1) is 10.8. The maximum absolute atomic E-state index is 6.07. The quantitative estimate of drug-likeness (QED) is 0.332. The number of hydrogen-bond donors (Lipinski definition) is 0. The van der Waals surface area contributed by atoms with E-state index < -0.39 is 0 Å². The Morgan fingerprint density at radius 2 is 1.55 bits per heavy atom. The molecule has 1 nitrogen and oxygen atoms in total. The highest BCUT2D eigenvalue weighted by molar-refractivity contribution is 14.1. The van der Waals surface area contributed by atoms with E-state index in [9.17, 15) is 0 Å². The van der Waals surface area contributed by atoms with E-state index in [2.05, 4.69) is 78.0 Å². The Labute approximate surface area is 148 Å². The van der Waals surface area contributed by atoms with Gasteiger partial charge in [-0.2, -0.15) is 0 Å². The molecule has 0 atom stereocenters. The second kappa shape index (κ2) is 9.88. The molecule has 0 bridgehead atoms. The van der Waals surface area contributed by atoms with Gasteiger partial charge >= 0.3 is 0 Å². The molecule has 2 aromatic rings. The summed E-state index contributed by atoms with van der Waals surface area (Å²) in [4.78, 5) is 0. The van der Waals surface area contributed by atoms with E-state index in [1.807, 2.05) is 0 Å². The van der Waals surface area contributed by atoms with Crippen molar-refractivity contribution in [3.63, 3.8) is 0 Å². The molecular weight excluding hydrogens is 383 g/mol. The Hall–Kier alpha value is -1.03. The van der Waals surface area contributed by atoms with Gasteiger partial charge in [-0.3, -0.25) is 0 Å². The Morgan fingerprint density at radius 3 is 2.32 bits per heavy atom. The lowest BCUT2D eigenvalue weighted by atomic mass is 10.0. The third-order valence-corrected chi connectivity index (χ3v) is 4.69. The van der Waals surface area contributed by atoms with Gasteiger partial charge in [0.15, 0.2) is 0 Å². The third-order valence-electron chi connectivity index (χ3n) is 3.79. The van der Waals surface area contributed by atoms with Crippen LogP contribution in [0.1, 0.15) is 45.4 Å². The smallest absolute Gasteiger partial charge is 0.128 e. The van der Waals surface area contributed by atoms with Crippen LogP contribution in [0.5, 0.6) is 5.75 Å². The van der Waals surface area contributed by atoms with Gasteiger partial charge in [-0.05, 0) is 46.7 Å². The predicted octanol–water partition coefficient (Wildman–Crippen LogP) is 6.70. The number of ether oxygens (including phenoxy) is 1. The van der Waals surface area contributed by atoms with Crippen molar-refractivity contribution in [3.8, 4) is 16.9 Å². The van der Waals surface area contributed by atoms with E-state index in [0.29, 0.717) is 0 Å². The van der Waals surface area contributed by atoms with Gasteiger partial charge < -0.3 is 4.74 Å². The molecule has 0 saturated heterocycles. The lowest BCUT2D eigenvalue weighted by molar-refractivity contribution is 0.305. The first-order valence-corrected chi connectivity index (χ1v) is 9.37. The molecule has 2 aromatic carbocycles. The average Bonchev–Trinajstić information content (AvgIpc) is 2.55. The van der Waals surface area contributed by atoms with Gasteiger partial charge in [0, 0.05) is 9.13 Å². The first-order valence-electron chi connectivity index (χ1n) is 8.29. The van der Waals surface area contributed by atoms with Crippen LogP contribution in [0.4, 0.5) is 0 Å². The number of hydrogen-bond acceptors (Lipinski definition) is 1. The average molecular weight is 408 g/mol. The Balaban J connectivity index is 1.93. The van der Waals surface area contributed by atoms with Crippen molar-refractivity contribution < 1.29 is 4.74 Å². The molecule has 0 heterocycles. The van der Waals surface area contributed by atoms with Crippen molar-refractivity contribution in [1.82, 2.24) is 0 Å². The maximum Gasteiger partial charge on any atom is 0.128 e. The number of benzene rings is 2. The van der Waals surface area contributed by atoms with E-state index >= 15 is 0 Å². The van der Waals surface area contributed by atoms with Gasteiger partial charge in [0.05, 0.1) is 6.61 Å². The van der Waals surface area contributed by atoms with Crippen LogP contribution < -0.4 is 4.74 Å². The van der Waals surface area contributed by atoms with Gasteiger partial charge in [-0.25, -0.2) is 0 Å². The molecule has 0 aliphatic carbocycles. The number of halogens is 1. The molecule has 2 heteroatoms. The van der Waals surface area contributed by atoms with Gasteiger partial charge in [-0.1, -0.05) is 75.4 Å². The summed E-state index contributed by atoms with van der Waals surface area (Å²) in [5.74, 6) is 1.01. The maximum atomic E-state index is 6.07. The van der Waals surface area contributed by atoms with Crippen LogP contribution in [0.25, 0.3) is 11.1 Å². The third kappa shape index (κ3) is 5.31. The van der Waals surface area contributed by atoms with Crippen molar-refractivity contribution in [2.24, 2.45) is 0 Å². The zero-order chi connectivity index (χ0) is 15.6. The normalized spacial score (nSPS) is 10.6. The summed E-state index contributed by atoms with van der Waals surface area (Å²) in [6.45, 7) is 3.07. The van der Waals surface area contributed by atoms with Crippen LogP contribution in [0, 0.1) is 3.57 Å². The summed E-state index contributed by atoms with van der Waals surface area (Å²) in [5, 5.41) is 0. The van der Waals surface area contributed by atoms with E-state index in [1.165, 1.54) is 46.8 Å². The number of rotatable bonds is 9. The molecule has 0 aliphatic rings. The Morgan fingerprint density at radius 1 is 0.818 bits per heavy atom. The molecule has 0 unspecified atom stereocenters.